The zero-order valence-corrected chi connectivity index (χ0v) is 12.9. The molecule has 2 aromatic rings. The molecule has 3 heteroatoms. The highest BCUT2D eigenvalue weighted by molar-refractivity contribution is 5.91. The fourth-order valence-corrected chi connectivity index (χ4v) is 2.27. The average Bonchev–Trinajstić information content (AvgIpc) is 2.49. The van der Waals surface area contributed by atoms with Crippen LogP contribution in [-0.2, 0) is 4.79 Å². The summed E-state index contributed by atoms with van der Waals surface area (Å²) in [6.45, 7) is 4.62. The first-order chi connectivity index (χ1) is 10.1. The Morgan fingerprint density at radius 3 is 2.33 bits per heavy atom. The van der Waals surface area contributed by atoms with Gasteiger partial charge in [0.25, 0.3) is 5.91 Å². The van der Waals surface area contributed by atoms with Gasteiger partial charge in [0.05, 0.1) is 7.05 Å². The summed E-state index contributed by atoms with van der Waals surface area (Å²) >= 11 is 0. The third-order valence-corrected chi connectivity index (χ3v) is 3.81. The van der Waals surface area contributed by atoms with Crippen molar-refractivity contribution in [1.29, 1.82) is 0 Å². The van der Waals surface area contributed by atoms with Crippen LogP contribution in [0.15, 0.2) is 54.6 Å². The number of quaternary nitrogens is 1. The van der Waals surface area contributed by atoms with E-state index in [1.54, 1.807) is 0 Å². The molecule has 2 rings (SSSR count). The van der Waals surface area contributed by atoms with Gasteiger partial charge >= 0.3 is 0 Å². The Morgan fingerprint density at radius 2 is 1.71 bits per heavy atom. The minimum absolute atomic E-state index is 0.0409. The Labute approximate surface area is 126 Å². The molecule has 1 unspecified atom stereocenters. The van der Waals surface area contributed by atoms with E-state index in [9.17, 15) is 4.79 Å². The number of carbonyl (C=O) groups excluding carboxylic acids is 1. The molecule has 0 radical (unpaired) electrons. The van der Waals surface area contributed by atoms with Gasteiger partial charge in [0, 0.05) is 11.3 Å². The van der Waals surface area contributed by atoms with Crippen molar-refractivity contribution >= 4 is 11.6 Å². The minimum atomic E-state index is 0.0409. The van der Waals surface area contributed by atoms with E-state index in [0.29, 0.717) is 6.54 Å². The van der Waals surface area contributed by atoms with Crippen molar-refractivity contribution in [2.45, 2.75) is 19.9 Å². The van der Waals surface area contributed by atoms with E-state index in [1.807, 2.05) is 56.4 Å². The molecule has 21 heavy (non-hydrogen) atoms. The summed E-state index contributed by atoms with van der Waals surface area (Å²) < 4.78 is 0. The summed E-state index contributed by atoms with van der Waals surface area (Å²) in [5.74, 6) is 0.0409. The molecule has 0 aliphatic rings. The molecule has 2 N–H and O–H groups in total. The molecule has 3 nitrogen and oxygen atoms in total. The maximum Gasteiger partial charge on any atom is 0.279 e. The average molecular weight is 283 g/mol. The zero-order valence-electron chi connectivity index (χ0n) is 12.9. The summed E-state index contributed by atoms with van der Waals surface area (Å²) in [6.07, 6.45) is 0. The van der Waals surface area contributed by atoms with E-state index in [-0.39, 0.29) is 11.9 Å². The largest absolute Gasteiger partial charge is 0.324 e. The molecule has 0 aromatic heterocycles. The van der Waals surface area contributed by atoms with Crippen LogP contribution < -0.4 is 10.2 Å². The van der Waals surface area contributed by atoms with Gasteiger partial charge in [-0.3, -0.25) is 4.79 Å². The van der Waals surface area contributed by atoms with Gasteiger partial charge in [-0.05, 0) is 26.0 Å². The maximum absolute atomic E-state index is 12.1. The highest BCUT2D eigenvalue weighted by Crippen LogP contribution is 2.09. The van der Waals surface area contributed by atoms with E-state index in [0.717, 1.165) is 5.69 Å². The summed E-state index contributed by atoms with van der Waals surface area (Å²) in [4.78, 5) is 13.3. The number of anilines is 1. The third kappa shape index (κ3) is 4.43. The molecular weight excluding hydrogens is 260 g/mol. The van der Waals surface area contributed by atoms with Crippen LogP contribution in [0.4, 0.5) is 5.69 Å². The first-order valence-electron chi connectivity index (χ1n) is 7.30. The van der Waals surface area contributed by atoms with E-state index < -0.39 is 0 Å². The molecule has 0 spiro atoms. The van der Waals surface area contributed by atoms with Gasteiger partial charge in [-0.15, -0.1) is 0 Å². The number of hydrogen-bond donors (Lipinski definition) is 2. The minimum Gasteiger partial charge on any atom is -0.324 e. The zero-order chi connectivity index (χ0) is 15.2. The number of nitrogens with one attached hydrogen (secondary N) is 2. The van der Waals surface area contributed by atoms with Crippen molar-refractivity contribution in [2.24, 2.45) is 0 Å². The Balaban J connectivity index is 1.91. The van der Waals surface area contributed by atoms with Crippen molar-refractivity contribution < 1.29 is 9.69 Å². The van der Waals surface area contributed by atoms with Crippen LogP contribution in [0.25, 0.3) is 0 Å². The van der Waals surface area contributed by atoms with Gasteiger partial charge in [-0.2, -0.15) is 0 Å². The summed E-state index contributed by atoms with van der Waals surface area (Å²) in [5.41, 5.74) is 3.29. The Bertz CT molecular complexity index is 578. The van der Waals surface area contributed by atoms with Crippen molar-refractivity contribution in [1.82, 2.24) is 0 Å². The summed E-state index contributed by atoms with van der Waals surface area (Å²) in [7, 11) is 2.05. The number of aryl methyl sites for hydroxylation is 1. The van der Waals surface area contributed by atoms with Crippen LogP contribution >= 0.6 is 0 Å². The van der Waals surface area contributed by atoms with Gasteiger partial charge in [0.15, 0.2) is 6.54 Å². The lowest BCUT2D eigenvalue weighted by atomic mass is 10.1. The molecule has 0 saturated carbocycles. The topological polar surface area (TPSA) is 33.5 Å². The number of amides is 1. The Kier molecular flexibility index (Phi) is 5.12. The molecule has 0 aliphatic carbocycles. The number of benzene rings is 2. The van der Waals surface area contributed by atoms with Crippen molar-refractivity contribution in [3.8, 4) is 0 Å². The van der Waals surface area contributed by atoms with Crippen molar-refractivity contribution in [2.75, 3.05) is 18.9 Å². The van der Waals surface area contributed by atoms with Crippen LogP contribution in [0.1, 0.15) is 24.1 Å². The number of carbonyl (C=O) groups is 1. The lowest BCUT2D eigenvalue weighted by molar-refractivity contribution is -0.902. The van der Waals surface area contributed by atoms with Crippen molar-refractivity contribution in [3.63, 3.8) is 0 Å². The summed E-state index contributed by atoms with van der Waals surface area (Å²) in [6, 6.07) is 18.4. The third-order valence-electron chi connectivity index (χ3n) is 3.81. The van der Waals surface area contributed by atoms with Crippen LogP contribution in [0.3, 0.4) is 0 Å². The van der Waals surface area contributed by atoms with E-state index in [1.165, 1.54) is 16.0 Å². The highest BCUT2D eigenvalue weighted by Gasteiger charge is 2.18. The number of likely N-dealkylation sites (N-methyl/N-ethyl adjacent to an activating group) is 1. The van der Waals surface area contributed by atoms with Crippen LogP contribution in [0.2, 0.25) is 0 Å². The predicted octanol–water partition coefficient (Wildman–Crippen LogP) is 2.21. The maximum atomic E-state index is 12.1. The molecule has 0 aliphatic heterocycles. The monoisotopic (exact) mass is 283 g/mol. The first-order valence-corrected chi connectivity index (χ1v) is 7.30. The Hall–Kier alpha value is -2.13. The fourth-order valence-electron chi connectivity index (χ4n) is 2.27. The standard InChI is InChI=1S/C18H22N2O/c1-14-9-11-17(12-10-14)19-18(21)13-20(3)15(2)16-7-5-4-6-8-16/h4-12,15H,13H2,1-3H3,(H,19,21)/p+1/t15-/m1/s1. The first kappa shape index (κ1) is 15.3. The van der Waals surface area contributed by atoms with Gasteiger partial charge in [-0.25, -0.2) is 0 Å². The Morgan fingerprint density at radius 1 is 1.10 bits per heavy atom. The quantitative estimate of drug-likeness (QED) is 0.866. The normalized spacial score (nSPS) is 13.5. The molecule has 1 amide bonds. The van der Waals surface area contributed by atoms with Gasteiger partial charge in [0.1, 0.15) is 6.04 Å². The second-order valence-electron chi connectivity index (χ2n) is 5.57. The van der Waals surface area contributed by atoms with Crippen molar-refractivity contribution in [3.05, 3.63) is 65.7 Å². The molecule has 2 atom stereocenters. The van der Waals surface area contributed by atoms with Gasteiger partial charge in [-0.1, -0.05) is 48.0 Å². The predicted molar refractivity (Wildman–Crippen MR) is 86.4 cm³/mol. The molecule has 0 fully saturated rings. The van der Waals surface area contributed by atoms with Gasteiger partial charge in [0.2, 0.25) is 0 Å². The lowest BCUT2D eigenvalue weighted by Gasteiger charge is -2.21. The van der Waals surface area contributed by atoms with Crippen LogP contribution in [0.5, 0.6) is 0 Å². The van der Waals surface area contributed by atoms with E-state index in [2.05, 4.69) is 24.4 Å². The molecule has 2 aromatic carbocycles. The fraction of sp³-hybridized carbons (Fsp3) is 0.278. The highest BCUT2D eigenvalue weighted by atomic mass is 16.2. The molecule has 0 bridgehead atoms. The summed E-state index contributed by atoms with van der Waals surface area (Å²) in [5, 5.41) is 2.95. The molecular formula is C18H23N2O+. The number of hydrogen-bond acceptors (Lipinski definition) is 1. The lowest BCUT2D eigenvalue weighted by Crippen LogP contribution is -3.10. The second-order valence-corrected chi connectivity index (χ2v) is 5.57. The smallest absolute Gasteiger partial charge is 0.279 e. The van der Waals surface area contributed by atoms with Gasteiger partial charge < -0.3 is 10.2 Å². The van der Waals surface area contributed by atoms with E-state index >= 15 is 0 Å². The molecule has 110 valence electrons. The molecule has 0 heterocycles. The van der Waals surface area contributed by atoms with Crippen LogP contribution in [-0.4, -0.2) is 19.5 Å². The second kappa shape index (κ2) is 7.04. The van der Waals surface area contributed by atoms with Crippen LogP contribution in [0, 0.1) is 6.92 Å². The molecule has 0 saturated heterocycles. The SMILES string of the molecule is Cc1ccc(NC(=O)C[NH+](C)[C@H](C)c2ccccc2)cc1. The van der Waals surface area contributed by atoms with E-state index in [4.69, 9.17) is 0 Å². The number of rotatable bonds is 5.